The number of aryl methyl sites for hydroxylation is 1. The Bertz CT molecular complexity index is 562. The second kappa shape index (κ2) is 6.79. The van der Waals surface area contributed by atoms with Gasteiger partial charge in [-0.1, -0.05) is 0 Å². The van der Waals surface area contributed by atoms with Crippen molar-refractivity contribution in [1.82, 2.24) is 5.32 Å². The zero-order chi connectivity index (χ0) is 15.5. The summed E-state index contributed by atoms with van der Waals surface area (Å²) in [5, 5.41) is 14.0. The van der Waals surface area contributed by atoms with Crippen molar-refractivity contribution in [3.05, 3.63) is 21.4 Å². The van der Waals surface area contributed by atoms with E-state index in [-0.39, 0.29) is 11.8 Å². The van der Waals surface area contributed by atoms with Crippen LogP contribution in [0.25, 0.3) is 0 Å². The van der Waals surface area contributed by atoms with Gasteiger partial charge in [-0.25, -0.2) is 4.79 Å². The third kappa shape index (κ3) is 3.17. The number of carboxylic acids is 1. The number of carbonyl (C=O) groups excluding carboxylic acids is 1. The van der Waals surface area contributed by atoms with Crippen LogP contribution in [0.15, 0.2) is 5.38 Å². The third-order valence-corrected chi connectivity index (χ3v) is 5.61. The first-order valence-corrected chi connectivity index (χ1v) is 8.75. The molecule has 6 heteroatoms. The van der Waals surface area contributed by atoms with E-state index < -0.39 is 12.0 Å². The molecule has 1 fully saturated rings. The van der Waals surface area contributed by atoms with Crippen molar-refractivity contribution in [3.8, 4) is 0 Å². The maximum absolute atomic E-state index is 12.5. The Labute approximate surface area is 133 Å². The fourth-order valence-electron chi connectivity index (χ4n) is 3.31. The molecule has 22 heavy (non-hydrogen) atoms. The normalized spacial score (nSPS) is 22.6. The Morgan fingerprint density at radius 2 is 2.14 bits per heavy atom. The van der Waals surface area contributed by atoms with Crippen LogP contribution in [0.2, 0.25) is 0 Å². The summed E-state index contributed by atoms with van der Waals surface area (Å²) in [6, 6.07) is -0.869. The molecule has 0 radical (unpaired) electrons. The zero-order valence-corrected chi connectivity index (χ0v) is 13.3. The molecule has 2 atom stereocenters. The minimum Gasteiger partial charge on any atom is -0.480 e. The molecule has 1 saturated heterocycles. The van der Waals surface area contributed by atoms with Crippen molar-refractivity contribution in [2.45, 2.75) is 44.6 Å². The number of hydrogen-bond donors (Lipinski definition) is 2. The van der Waals surface area contributed by atoms with Gasteiger partial charge >= 0.3 is 5.97 Å². The summed E-state index contributed by atoms with van der Waals surface area (Å²) < 4.78 is 5.36. The van der Waals surface area contributed by atoms with Crippen LogP contribution in [-0.2, 0) is 22.4 Å². The minimum absolute atomic E-state index is 0.148. The molecule has 2 unspecified atom stereocenters. The summed E-state index contributed by atoms with van der Waals surface area (Å²) >= 11 is 1.62. The second-order valence-corrected chi connectivity index (χ2v) is 6.99. The first kappa shape index (κ1) is 15.5. The van der Waals surface area contributed by atoms with Gasteiger partial charge in [-0.2, -0.15) is 0 Å². The summed E-state index contributed by atoms with van der Waals surface area (Å²) in [6.45, 7) is 1.08. The van der Waals surface area contributed by atoms with Gasteiger partial charge in [0.1, 0.15) is 6.04 Å². The molecule has 2 N–H and O–H groups in total. The van der Waals surface area contributed by atoms with Gasteiger partial charge in [0.05, 0.1) is 12.2 Å². The molecule has 1 amide bonds. The third-order valence-electron chi connectivity index (χ3n) is 4.53. The van der Waals surface area contributed by atoms with Crippen molar-refractivity contribution in [1.29, 1.82) is 0 Å². The number of carboxylic acid groups (broad SMARTS) is 1. The number of aliphatic carboxylic acids is 1. The minimum atomic E-state index is -0.979. The van der Waals surface area contributed by atoms with E-state index in [0.717, 1.165) is 37.7 Å². The Morgan fingerprint density at radius 3 is 2.86 bits per heavy atom. The number of hydrogen-bond acceptors (Lipinski definition) is 4. The van der Waals surface area contributed by atoms with Gasteiger partial charge < -0.3 is 15.2 Å². The molecule has 0 bridgehead atoms. The monoisotopic (exact) mass is 323 g/mol. The van der Waals surface area contributed by atoms with Gasteiger partial charge in [0.25, 0.3) is 5.91 Å². The fraction of sp³-hybridized carbons (Fsp3) is 0.625. The van der Waals surface area contributed by atoms with E-state index in [1.54, 1.807) is 11.3 Å². The number of fused-ring (bicyclic) bond motifs is 1. The van der Waals surface area contributed by atoms with Gasteiger partial charge in [0.15, 0.2) is 0 Å². The predicted octanol–water partition coefficient (Wildman–Crippen LogP) is 2.24. The highest BCUT2D eigenvalue weighted by Gasteiger charge is 2.32. The summed E-state index contributed by atoms with van der Waals surface area (Å²) in [5.74, 6) is -1.38. The highest BCUT2D eigenvalue weighted by molar-refractivity contribution is 7.10. The molecule has 0 saturated carbocycles. The van der Waals surface area contributed by atoms with Crippen LogP contribution in [0.5, 0.6) is 0 Å². The van der Waals surface area contributed by atoms with Gasteiger partial charge in [-0.3, -0.25) is 4.79 Å². The number of amides is 1. The molecule has 1 aliphatic carbocycles. The van der Waals surface area contributed by atoms with E-state index in [2.05, 4.69) is 5.32 Å². The Hall–Kier alpha value is -1.40. The standard InChI is InChI=1S/C16H21NO4S/c18-15(12-9-22-13-6-2-1-5-11(12)13)17-14(16(19)20)10-4-3-7-21-8-10/h9-10,14H,1-8H2,(H,17,18)(H,19,20). The number of nitrogens with one attached hydrogen (secondary N) is 1. The number of carbonyl (C=O) groups is 2. The lowest BCUT2D eigenvalue weighted by Gasteiger charge is -2.28. The predicted molar refractivity (Wildman–Crippen MR) is 83.4 cm³/mol. The average molecular weight is 323 g/mol. The molecule has 3 rings (SSSR count). The van der Waals surface area contributed by atoms with Gasteiger partial charge in [-0.05, 0) is 44.1 Å². The summed E-state index contributed by atoms with van der Waals surface area (Å²) in [4.78, 5) is 25.3. The molecule has 1 aromatic rings. The fourth-order valence-corrected chi connectivity index (χ4v) is 4.44. The molecule has 2 heterocycles. The summed E-state index contributed by atoms with van der Waals surface area (Å²) in [7, 11) is 0. The van der Waals surface area contributed by atoms with Crippen LogP contribution in [0, 0.1) is 5.92 Å². The Kier molecular flexibility index (Phi) is 4.78. The first-order chi connectivity index (χ1) is 10.7. The van der Waals surface area contributed by atoms with Gasteiger partial charge in [-0.15, -0.1) is 11.3 Å². The van der Waals surface area contributed by atoms with Crippen LogP contribution >= 0.6 is 11.3 Å². The van der Waals surface area contributed by atoms with Crippen molar-refractivity contribution >= 4 is 23.2 Å². The van der Waals surface area contributed by atoms with Crippen molar-refractivity contribution < 1.29 is 19.4 Å². The van der Waals surface area contributed by atoms with E-state index in [4.69, 9.17) is 4.74 Å². The molecular weight excluding hydrogens is 302 g/mol. The Balaban J connectivity index is 1.73. The van der Waals surface area contributed by atoms with Crippen LogP contribution in [0.3, 0.4) is 0 Å². The van der Waals surface area contributed by atoms with Crippen LogP contribution in [-0.4, -0.2) is 36.2 Å². The van der Waals surface area contributed by atoms with Crippen LogP contribution in [0.1, 0.15) is 46.5 Å². The number of ether oxygens (including phenoxy) is 1. The highest BCUT2D eigenvalue weighted by atomic mass is 32.1. The number of thiophene rings is 1. The lowest BCUT2D eigenvalue weighted by atomic mass is 9.92. The van der Waals surface area contributed by atoms with Crippen molar-refractivity contribution in [3.63, 3.8) is 0 Å². The van der Waals surface area contributed by atoms with E-state index >= 15 is 0 Å². The molecule has 2 aliphatic rings. The molecule has 0 aromatic carbocycles. The molecule has 120 valence electrons. The zero-order valence-electron chi connectivity index (χ0n) is 12.5. The maximum atomic E-state index is 12.5. The van der Waals surface area contributed by atoms with E-state index in [0.29, 0.717) is 18.8 Å². The quantitative estimate of drug-likeness (QED) is 0.891. The molecule has 1 aliphatic heterocycles. The Morgan fingerprint density at radius 1 is 1.32 bits per heavy atom. The maximum Gasteiger partial charge on any atom is 0.326 e. The summed E-state index contributed by atoms with van der Waals surface area (Å²) in [6.07, 6.45) is 5.85. The number of rotatable bonds is 4. The van der Waals surface area contributed by atoms with Crippen molar-refractivity contribution in [2.24, 2.45) is 5.92 Å². The molecular formula is C16H21NO4S. The SMILES string of the molecule is O=C(NC(C(=O)O)C1CCCOC1)c1csc2c1CCCC2. The van der Waals surface area contributed by atoms with E-state index in [1.807, 2.05) is 5.38 Å². The molecule has 5 nitrogen and oxygen atoms in total. The lowest BCUT2D eigenvalue weighted by Crippen LogP contribution is -2.48. The van der Waals surface area contributed by atoms with E-state index in [9.17, 15) is 14.7 Å². The highest BCUT2D eigenvalue weighted by Crippen LogP contribution is 2.30. The molecule has 0 spiro atoms. The average Bonchev–Trinajstić information content (AvgIpc) is 2.97. The van der Waals surface area contributed by atoms with Crippen LogP contribution < -0.4 is 5.32 Å². The molecule has 1 aromatic heterocycles. The van der Waals surface area contributed by atoms with E-state index in [1.165, 1.54) is 11.3 Å². The van der Waals surface area contributed by atoms with Crippen molar-refractivity contribution in [2.75, 3.05) is 13.2 Å². The topological polar surface area (TPSA) is 75.6 Å². The summed E-state index contributed by atoms with van der Waals surface area (Å²) in [5.41, 5.74) is 1.79. The first-order valence-electron chi connectivity index (χ1n) is 7.87. The van der Waals surface area contributed by atoms with Crippen LogP contribution in [0.4, 0.5) is 0 Å². The second-order valence-electron chi connectivity index (χ2n) is 6.02. The largest absolute Gasteiger partial charge is 0.480 e. The van der Waals surface area contributed by atoms with Gasteiger partial charge in [0.2, 0.25) is 0 Å². The lowest BCUT2D eigenvalue weighted by molar-refractivity contribution is -0.142. The van der Waals surface area contributed by atoms with Gasteiger partial charge in [0, 0.05) is 22.8 Å². The smallest absolute Gasteiger partial charge is 0.326 e.